The monoisotopic (exact) mass is 395 g/mol. The standard InChI is InChI=1S/C23H29N3O3/c1-3-13-24-23(28)20-16-18(9-12-21(20)26-14-5-4-6-15-26)25-22(27)17-7-10-19(29-2)11-8-17/h7-12,16H,3-6,13-15H2,1-2H3,(H,24,28)(H,25,27). The molecule has 0 unspecified atom stereocenters. The summed E-state index contributed by atoms with van der Waals surface area (Å²) >= 11 is 0. The topological polar surface area (TPSA) is 70.7 Å². The molecule has 2 amide bonds. The largest absolute Gasteiger partial charge is 0.497 e. The van der Waals surface area contributed by atoms with E-state index in [1.165, 1.54) is 6.42 Å². The molecule has 3 rings (SSSR count). The van der Waals surface area contributed by atoms with Gasteiger partial charge in [-0.3, -0.25) is 9.59 Å². The molecule has 0 aliphatic carbocycles. The molecule has 0 saturated carbocycles. The van der Waals surface area contributed by atoms with E-state index < -0.39 is 0 Å². The van der Waals surface area contributed by atoms with Crippen LogP contribution in [0, 0.1) is 0 Å². The first kappa shape index (κ1) is 20.7. The van der Waals surface area contributed by atoms with Crippen LogP contribution in [-0.2, 0) is 0 Å². The SMILES string of the molecule is CCCNC(=O)c1cc(NC(=O)c2ccc(OC)cc2)ccc1N1CCCCC1. The zero-order valence-electron chi connectivity index (χ0n) is 17.2. The number of rotatable bonds is 7. The minimum absolute atomic E-state index is 0.104. The van der Waals surface area contributed by atoms with Gasteiger partial charge in [-0.15, -0.1) is 0 Å². The number of carbonyl (C=O) groups excluding carboxylic acids is 2. The number of hydrogen-bond donors (Lipinski definition) is 2. The van der Waals surface area contributed by atoms with Crippen molar-refractivity contribution in [2.75, 3.05) is 37.0 Å². The number of benzene rings is 2. The van der Waals surface area contributed by atoms with Crippen LogP contribution < -0.4 is 20.3 Å². The Morgan fingerprint density at radius 2 is 1.72 bits per heavy atom. The van der Waals surface area contributed by atoms with E-state index >= 15 is 0 Å². The molecular formula is C23H29N3O3. The summed E-state index contributed by atoms with van der Waals surface area (Å²) in [5, 5.41) is 5.86. The van der Waals surface area contributed by atoms with Crippen molar-refractivity contribution in [2.45, 2.75) is 32.6 Å². The molecule has 2 N–H and O–H groups in total. The average molecular weight is 396 g/mol. The van der Waals surface area contributed by atoms with Gasteiger partial charge in [-0.05, 0) is 68.1 Å². The molecule has 6 heteroatoms. The number of methoxy groups -OCH3 is 1. The second-order valence-corrected chi connectivity index (χ2v) is 7.22. The van der Waals surface area contributed by atoms with Crippen molar-refractivity contribution < 1.29 is 14.3 Å². The highest BCUT2D eigenvalue weighted by Gasteiger charge is 2.19. The first-order chi connectivity index (χ1) is 14.1. The number of amides is 2. The van der Waals surface area contributed by atoms with E-state index in [1.54, 1.807) is 37.4 Å². The van der Waals surface area contributed by atoms with Gasteiger partial charge in [0.2, 0.25) is 0 Å². The Bertz CT molecular complexity index is 843. The molecule has 0 radical (unpaired) electrons. The van der Waals surface area contributed by atoms with Crippen molar-refractivity contribution in [3.05, 3.63) is 53.6 Å². The van der Waals surface area contributed by atoms with E-state index in [0.29, 0.717) is 29.1 Å². The number of hydrogen-bond acceptors (Lipinski definition) is 4. The molecule has 1 aliphatic rings. The summed E-state index contributed by atoms with van der Waals surface area (Å²) < 4.78 is 5.13. The van der Waals surface area contributed by atoms with E-state index in [9.17, 15) is 9.59 Å². The molecule has 6 nitrogen and oxygen atoms in total. The van der Waals surface area contributed by atoms with Crippen LogP contribution in [0.5, 0.6) is 5.75 Å². The molecule has 0 aromatic heterocycles. The molecule has 1 heterocycles. The quantitative estimate of drug-likeness (QED) is 0.741. The minimum Gasteiger partial charge on any atom is -0.497 e. The van der Waals surface area contributed by atoms with Gasteiger partial charge in [0, 0.05) is 36.6 Å². The Morgan fingerprint density at radius 1 is 1.00 bits per heavy atom. The van der Waals surface area contributed by atoms with Gasteiger partial charge < -0.3 is 20.3 Å². The van der Waals surface area contributed by atoms with E-state index in [4.69, 9.17) is 4.74 Å². The Labute approximate surface area is 172 Å². The predicted octanol–water partition coefficient (Wildman–Crippen LogP) is 4.08. The third-order valence-electron chi connectivity index (χ3n) is 5.08. The van der Waals surface area contributed by atoms with Crippen LogP contribution in [0.3, 0.4) is 0 Å². The highest BCUT2D eigenvalue weighted by Crippen LogP contribution is 2.27. The summed E-state index contributed by atoms with van der Waals surface area (Å²) in [7, 11) is 1.59. The van der Waals surface area contributed by atoms with Gasteiger partial charge in [-0.1, -0.05) is 6.92 Å². The normalized spacial score (nSPS) is 13.7. The summed E-state index contributed by atoms with van der Waals surface area (Å²) in [4.78, 5) is 27.6. The minimum atomic E-state index is -0.224. The van der Waals surface area contributed by atoms with Gasteiger partial charge in [-0.25, -0.2) is 0 Å². The molecule has 1 fully saturated rings. The lowest BCUT2D eigenvalue weighted by molar-refractivity contribution is 0.0952. The first-order valence-corrected chi connectivity index (χ1v) is 10.2. The number of anilines is 2. The smallest absolute Gasteiger partial charge is 0.255 e. The molecule has 29 heavy (non-hydrogen) atoms. The van der Waals surface area contributed by atoms with Gasteiger partial charge in [0.25, 0.3) is 11.8 Å². The lowest BCUT2D eigenvalue weighted by Crippen LogP contribution is -2.33. The molecule has 2 aromatic rings. The highest BCUT2D eigenvalue weighted by atomic mass is 16.5. The molecular weight excluding hydrogens is 366 g/mol. The van der Waals surface area contributed by atoms with E-state index in [1.807, 2.05) is 19.1 Å². The fourth-order valence-electron chi connectivity index (χ4n) is 3.49. The average Bonchev–Trinajstić information content (AvgIpc) is 2.78. The second kappa shape index (κ2) is 9.96. The second-order valence-electron chi connectivity index (χ2n) is 7.22. The highest BCUT2D eigenvalue weighted by molar-refractivity contribution is 6.06. The summed E-state index contributed by atoms with van der Waals surface area (Å²) in [6, 6.07) is 12.5. The van der Waals surface area contributed by atoms with Crippen molar-refractivity contribution in [3.8, 4) is 5.75 Å². The maximum atomic E-state index is 12.8. The number of piperidine rings is 1. The number of nitrogens with one attached hydrogen (secondary N) is 2. The van der Waals surface area contributed by atoms with E-state index in [-0.39, 0.29) is 11.8 Å². The van der Waals surface area contributed by atoms with Gasteiger partial charge in [0.15, 0.2) is 0 Å². The van der Waals surface area contributed by atoms with E-state index in [2.05, 4.69) is 15.5 Å². The lowest BCUT2D eigenvalue weighted by atomic mass is 10.1. The third kappa shape index (κ3) is 5.28. The van der Waals surface area contributed by atoms with Gasteiger partial charge in [-0.2, -0.15) is 0 Å². The molecule has 1 aliphatic heterocycles. The zero-order valence-corrected chi connectivity index (χ0v) is 17.2. The number of ether oxygens (including phenoxy) is 1. The predicted molar refractivity (Wildman–Crippen MR) is 116 cm³/mol. The summed E-state index contributed by atoms with van der Waals surface area (Å²) in [6.07, 6.45) is 4.36. The van der Waals surface area contributed by atoms with Gasteiger partial charge in [0.1, 0.15) is 5.75 Å². The van der Waals surface area contributed by atoms with Crippen LogP contribution in [-0.4, -0.2) is 38.6 Å². The third-order valence-corrected chi connectivity index (χ3v) is 5.08. The Balaban J connectivity index is 1.82. The fourth-order valence-corrected chi connectivity index (χ4v) is 3.49. The van der Waals surface area contributed by atoms with Crippen LogP contribution in [0.4, 0.5) is 11.4 Å². The summed E-state index contributed by atoms with van der Waals surface area (Å²) in [5.41, 5.74) is 2.67. The van der Waals surface area contributed by atoms with Gasteiger partial charge in [0.05, 0.1) is 12.7 Å². The van der Waals surface area contributed by atoms with Crippen molar-refractivity contribution >= 4 is 23.2 Å². The number of carbonyl (C=O) groups is 2. The Kier molecular flexibility index (Phi) is 7.11. The zero-order chi connectivity index (χ0) is 20.6. The van der Waals surface area contributed by atoms with Crippen molar-refractivity contribution in [1.82, 2.24) is 5.32 Å². The molecule has 0 bridgehead atoms. The van der Waals surface area contributed by atoms with Crippen molar-refractivity contribution in [3.63, 3.8) is 0 Å². The molecule has 0 spiro atoms. The fraction of sp³-hybridized carbons (Fsp3) is 0.391. The van der Waals surface area contributed by atoms with E-state index in [0.717, 1.165) is 38.0 Å². The Hall–Kier alpha value is -3.02. The maximum Gasteiger partial charge on any atom is 0.255 e. The first-order valence-electron chi connectivity index (χ1n) is 10.2. The van der Waals surface area contributed by atoms with Crippen LogP contribution in [0.25, 0.3) is 0 Å². The molecule has 2 aromatic carbocycles. The van der Waals surface area contributed by atoms with Crippen LogP contribution in [0.2, 0.25) is 0 Å². The summed E-state index contributed by atoms with van der Waals surface area (Å²) in [5.74, 6) is 0.369. The lowest BCUT2D eigenvalue weighted by Gasteiger charge is -2.30. The van der Waals surface area contributed by atoms with Crippen LogP contribution in [0.15, 0.2) is 42.5 Å². The number of nitrogens with zero attached hydrogens (tertiary/aromatic N) is 1. The van der Waals surface area contributed by atoms with Crippen molar-refractivity contribution in [2.24, 2.45) is 0 Å². The van der Waals surface area contributed by atoms with Crippen LogP contribution >= 0.6 is 0 Å². The summed E-state index contributed by atoms with van der Waals surface area (Å²) in [6.45, 7) is 4.55. The van der Waals surface area contributed by atoms with Crippen molar-refractivity contribution in [1.29, 1.82) is 0 Å². The Morgan fingerprint density at radius 3 is 2.38 bits per heavy atom. The maximum absolute atomic E-state index is 12.8. The molecule has 0 atom stereocenters. The molecule has 154 valence electrons. The van der Waals surface area contributed by atoms with Gasteiger partial charge >= 0.3 is 0 Å². The molecule has 1 saturated heterocycles. The van der Waals surface area contributed by atoms with Crippen LogP contribution in [0.1, 0.15) is 53.3 Å².